The molecule has 3 heterocycles. The standard InChI is InChI=1S/C21H27N5OS3/c1-4-25-18(12-29-21-22-16-10-5-6-11-17(16)30-21)23-24-20(25)28-13-19(27)26-14(2)8-7-9-15(26)3/h5-6,10-11,14-15H,4,7-9,12-13H2,1-3H3/t14-,15-/m0/s1. The molecule has 2 aromatic heterocycles. The molecule has 0 saturated carbocycles. The SMILES string of the molecule is CCn1c(CSc2nc3ccccc3s2)nnc1SCC(=O)N1[C@@H](C)CCC[C@@H]1C. The Morgan fingerprint density at radius 1 is 1.17 bits per heavy atom. The van der Waals surface area contributed by atoms with Crippen LogP contribution in [0.15, 0.2) is 33.8 Å². The summed E-state index contributed by atoms with van der Waals surface area (Å²) in [5.41, 5.74) is 1.04. The molecule has 30 heavy (non-hydrogen) atoms. The smallest absolute Gasteiger partial charge is 0.233 e. The minimum Gasteiger partial charge on any atom is -0.337 e. The first-order chi connectivity index (χ1) is 14.6. The number of benzene rings is 1. The van der Waals surface area contributed by atoms with Crippen LogP contribution in [0.3, 0.4) is 0 Å². The van der Waals surface area contributed by atoms with Crippen molar-refractivity contribution >= 4 is 51.0 Å². The van der Waals surface area contributed by atoms with E-state index >= 15 is 0 Å². The normalized spacial score (nSPS) is 19.5. The number of piperidine rings is 1. The summed E-state index contributed by atoms with van der Waals surface area (Å²) in [4.78, 5) is 19.6. The molecular weight excluding hydrogens is 434 g/mol. The minimum atomic E-state index is 0.204. The molecule has 1 aliphatic heterocycles. The highest BCUT2D eigenvalue weighted by molar-refractivity contribution is 8.00. The largest absolute Gasteiger partial charge is 0.337 e. The summed E-state index contributed by atoms with van der Waals surface area (Å²) in [5, 5.41) is 9.59. The molecule has 1 aliphatic rings. The average Bonchev–Trinajstić information content (AvgIpc) is 3.33. The highest BCUT2D eigenvalue weighted by atomic mass is 32.2. The summed E-state index contributed by atoms with van der Waals surface area (Å²) < 4.78 is 4.36. The van der Waals surface area contributed by atoms with E-state index in [1.807, 2.05) is 18.2 Å². The van der Waals surface area contributed by atoms with Crippen LogP contribution >= 0.6 is 34.9 Å². The van der Waals surface area contributed by atoms with Gasteiger partial charge >= 0.3 is 0 Å². The first kappa shape index (κ1) is 21.6. The lowest BCUT2D eigenvalue weighted by Gasteiger charge is -2.39. The van der Waals surface area contributed by atoms with Gasteiger partial charge in [0.2, 0.25) is 5.91 Å². The number of thiazole rings is 1. The van der Waals surface area contributed by atoms with Gasteiger partial charge < -0.3 is 9.47 Å². The van der Waals surface area contributed by atoms with Crippen LogP contribution in [0.5, 0.6) is 0 Å². The predicted octanol–water partition coefficient (Wildman–Crippen LogP) is 5.08. The Hall–Kier alpha value is -1.58. The van der Waals surface area contributed by atoms with Crippen molar-refractivity contribution < 1.29 is 4.79 Å². The van der Waals surface area contributed by atoms with Gasteiger partial charge in [-0.15, -0.1) is 21.5 Å². The zero-order chi connectivity index (χ0) is 21.1. The molecule has 9 heteroatoms. The average molecular weight is 462 g/mol. The van der Waals surface area contributed by atoms with E-state index in [0.717, 1.165) is 46.0 Å². The van der Waals surface area contributed by atoms with Crippen LogP contribution in [0.25, 0.3) is 10.2 Å². The second-order valence-electron chi connectivity index (χ2n) is 7.60. The molecule has 160 valence electrons. The third-order valence-corrected chi connectivity index (χ3v) is 8.64. The molecule has 2 atom stereocenters. The molecule has 3 aromatic rings. The number of aromatic nitrogens is 4. The Balaban J connectivity index is 1.38. The number of nitrogens with zero attached hydrogens (tertiary/aromatic N) is 5. The third kappa shape index (κ3) is 4.68. The van der Waals surface area contributed by atoms with E-state index in [-0.39, 0.29) is 5.91 Å². The fourth-order valence-electron chi connectivity index (χ4n) is 4.00. The highest BCUT2D eigenvalue weighted by Gasteiger charge is 2.29. The monoisotopic (exact) mass is 461 g/mol. The number of fused-ring (bicyclic) bond motifs is 1. The Labute approximate surface area is 189 Å². The van der Waals surface area contributed by atoms with Crippen LogP contribution in [-0.4, -0.2) is 48.4 Å². The highest BCUT2D eigenvalue weighted by Crippen LogP contribution is 2.32. The van der Waals surface area contributed by atoms with Gasteiger partial charge in [0.25, 0.3) is 0 Å². The van der Waals surface area contributed by atoms with Crippen LogP contribution < -0.4 is 0 Å². The van der Waals surface area contributed by atoms with Gasteiger partial charge in [-0.2, -0.15) is 0 Å². The molecule has 6 nitrogen and oxygen atoms in total. The molecule has 4 rings (SSSR count). The molecule has 1 aromatic carbocycles. The first-order valence-electron chi connectivity index (χ1n) is 10.4. The van der Waals surface area contributed by atoms with Crippen LogP contribution in [0.4, 0.5) is 0 Å². The maximum Gasteiger partial charge on any atom is 0.233 e. The van der Waals surface area contributed by atoms with Gasteiger partial charge in [0, 0.05) is 18.6 Å². The summed E-state index contributed by atoms with van der Waals surface area (Å²) in [5.74, 6) is 2.26. The topological polar surface area (TPSA) is 63.9 Å². The molecule has 1 amide bonds. The number of hydrogen-bond acceptors (Lipinski definition) is 7. The van der Waals surface area contributed by atoms with Crippen molar-refractivity contribution in [3.63, 3.8) is 0 Å². The number of para-hydroxylation sites is 1. The second kappa shape index (κ2) is 9.70. The number of hydrogen-bond donors (Lipinski definition) is 0. The van der Waals surface area contributed by atoms with E-state index in [1.54, 1.807) is 23.1 Å². The lowest BCUT2D eigenvalue weighted by Crippen LogP contribution is -2.48. The number of rotatable bonds is 7. The third-order valence-electron chi connectivity index (χ3n) is 5.51. The summed E-state index contributed by atoms with van der Waals surface area (Å²) >= 11 is 4.90. The Morgan fingerprint density at radius 2 is 1.93 bits per heavy atom. The summed E-state index contributed by atoms with van der Waals surface area (Å²) in [7, 11) is 0. The number of thioether (sulfide) groups is 2. The van der Waals surface area contributed by atoms with Gasteiger partial charge in [-0.25, -0.2) is 4.98 Å². The van der Waals surface area contributed by atoms with Crippen LogP contribution in [0, 0.1) is 0 Å². The number of likely N-dealkylation sites (tertiary alicyclic amines) is 1. The summed E-state index contributed by atoms with van der Waals surface area (Å²) in [6.45, 7) is 7.19. The van der Waals surface area contributed by atoms with E-state index in [4.69, 9.17) is 0 Å². The molecular formula is C21H27N5OS3. The lowest BCUT2D eigenvalue weighted by molar-refractivity contribution is -0.134. The molecule has 0 aliphatic carbocycles. The molecule has 0 bridgehead atoms. The van der Waals surface area contributed by atoms with Crippen molar-refractivity contribution in [1.29, 1.82) is 0 Å². The molecule has 0 spiro atoms. The molecule has 0 N–H and O–H groups in total. The van der Waals surface area contributed by atoms with Crippen molar-refractivity contribution in [2.45, 2.75) is 73.9 Å². The predicted molar refractivity (Wildman–Crippen MR) is 125 cm³/mol. The van der Waals surface area contributed by atoms with Crippen molar-refractivity contribution in [2.75, 3.05) is 5.75 Å². The maximum atomic E-state index is 12.8. The summed E-state index contributed by atoms with van der Waals surface area (Å²) in [6, 6.07) is 8.85. The Morgan fingerprint density at radius 3 is 2.67 bits per heavy atom. The van der Waals surface area contributed by atoms with Gasteiger partial charge in [-0.1, -0.05) is 35.7 Å². The maximum absolute atomic E-state index is 12.8. The van der Waals surface area contributed by atoms with Gasteiger partial charge in [-0.3, -0.25) is 4.79 Å². The van der Waals surface area contributed by atoms with Crippen LogP contribution in [0.2, 0.25) is 0 Å². The van der Waals surface area contributed by atoms with Gasteiger partial charge in [-0.05, 0) is 52.2 Å². The zero-order valence-corrected chi connectivity index (χ0v) is 20.0. The van der Waals surface area contributed by atoms with Crippen LogP contribution in [-0.2, 0) is 17.1 Å². The number of carbonyl (C=O) groups excluding carboxylic acids is 1. The van der Waals surface area contributed by atoms with Crippen molar-refractivity contribution in [1.82, 2.24) is 24.6 Å². The quantitative estimate of drug-likeness (QED) is 0.457. The van der Waals surface area contributed by atoms with Gasteiger partial charge in [0.05, 0.1) is 21.7 Å². The zero-order valence-electron chi connectivity index (χ0n) is 17.6. The van der Waals surface area contributed by atoms with Crippen molar-refractivity contribution in [2.24, 2.45) is 0 Å². The Bertz CT molecular complexity index is 974. The van der Waals surface area contributed by atoms with E-state index < -0.39 is 0 Å². The minimum absolute atomic E-state index is 0.204. The second-order valence-corrected chi connectivity index (χ2v) is 10.8. The van der Waals surface area contributed by atoms with E-state index in [1.165, 1.54) is 22.9 Å². The van der Waals surface area contributed by atoms with E-state index in [9.17, 15) is 4.79 Å². The van der Waals surface area contributed by atoms with E-state index in [2.05, 4.69) is 51.5 Å². The fraction of sp³-hybridized carbons (Fsp3) is 0.524. The van der Waals surface area contributed by atoms with Crippen LogP contribution in [0.1, 0.15) is 45.9 Å². The van der Waals surface area contributed by atoms with Gasteiger partial charge in [0.15, 0.2) is 9.50 Å². The Kier molecular flexibility index (Phi) is 7.00. The summed E-state index contributed by atoms with van der Waals surface area (Å²) in [6.07, 6.45) is 3.40. The molecule has 1 saturated heterocycles. The van der Waals surface area contributed by atoms with E-state index in [0.29, 0.717) is 17.8 Å². The number of amides is 1. The molecule has 1 fully saturated rings. The fourth-order valence-corrected chi connectivity index (χ4v) is 6.90. The van der Waals surface area contributed by atoms with Gasteiger partial charge in [0.1, 0.15) is 5.82 Å². The van der Waals surface area contributed by atoms with Crippen molar-refractivity contribution in [3.05, 3.63) is 30.1 Å². The lowest BCUT2D eigenvalue weighted by atomic mass is 9.98. The first-order valence-corrected chi connectivity index (χ1v) is 13.2. The number of carbonyl (C=O) groups is 1. The van der Waals surface area contributed by atoms with Crippen molar-refractivity contribution in [3.8, 4) is 0 Å². The molecule has 0 radical (unpaired) electrons. The molecule has 0 unspecified atom stereocenters.